The van der Waals surface area contributed by atoms with Crippen LogP contribution in [-0.2, 0) is 0 Å². The number of urea groups is 1. The van der Waals surface area contributed by atoms with Crippen molar-refractivity contribution in [2.45, 2.75) is 13.0 Å². The minimum absolute atomic E-state index is 0.0828. The van der Waals surface area contributed by atoms with E-state index in [0.29, 0.717) is 23.6 Å². The summed E-state index contributed by atoms with van der Waals surface area (Å²) < 4.78 is 10.9. The number of aromatic nitrogens is 2. The number of hydrogen-bond donors (Lipinski definition) is 1. The zero-order valence-electron chi connectivity index (χ0n) is 15.3. The summed E-state index contributed by atoms with van der Waals surface area (Å²) in [6.45, 7) is 4.44. The van der Waals surface area contributed by atoms with Crippen molar-refractivity contribution >= 4 is 11.7 Å². The molecule has 1 saturated heterocycles. The molecule has 8 heteroatoms. The van der Waals surface area contributed by atoms with Gasteiger partial charge in [-0.15, -0.1) is 10.2 Å². The van der Waals surface area contributed by atoms with E-state index in [1.54, 1.807) is 18.4 Å². The van der Waals surface area contributed by atoms with E-state index < -0.39 is 0 Å². The minimum atomic E-state index is -0.0828. The number of benzene rings is 1. The maximum atomic E-state index is 12.5. The topological polar surface area (TPSA) is 87.6 Å². The van der Waals surface area contributed by atoms with Crippen molar-refractivity contribution in [1.82, 2.24) is 20.0 Å². The normalized spacial score (nSPS) is 17.9. The molecule has 2 aromatic heterocycles. The lowest BCUT2D eigenvalue weighted by Gasteiger charge is -2.37. The zero-order valence-corrected chi connectivity index (χ0v) is 15.3. The van der Waals surface area contributed by atoms with Crippen LogP contribution in [0.15, 0.2) is 51.5 Å². The highest BCUT2D eigenvalue weighted by molar-refractivity contribution is 5.89. The van der Waals surface area contributed by atoms with Crippen LogP contribution in [0.5, 0.6) is 0 Å². The third-order valence-corrected chi connectivity index (χ3v) is 4.79. The second-order valence-corrected chi connectivity index (χ2v) is 6.67. The SMILES string of the molecule is C[C@@H]1CN(C(=O)Nc2ccc(-c3nnc(-c4ccco4)o3)cc2)CCN1C. The average Bonchev–Trinajstić information content (AvgIpc) is 3.36. The Morgan fingerprint density at radius 2 is 1.93 bits per heavy atom. The molecular formula is C19H21N5O3. The Labute approximate surface area is 156 Å². The van der Waals surface area contributed by atoms with Crippen LogP contribution in [0.4, 0.5) is 10.5 Å². The van der Waals surface area contributed by atoms with Crippen molar-refractivity contribution in [1.29, 1.82) is 0 Å². The van der Waals surface area contributed by atoms with Crippen molar-refractivity contribution < 1.29 is 13.6 Å². The van der Waals surface area contributed by atoms with Gasteiger partial charge in [0.05, 0.1) is 6.26 Å². The molecule has 8 nitrogen and oxygen atoms in total. The van der Waals surface area contributed by atoms with Crippen LogP contribution in [0.25, 0.3) is 23.1 Å². The summed E-state index contributed by atoms with van der Waals surface area (Å²) in [5.74, 6) is 1.25. The van der Waals surface area contributed by atoms with Gasteiger partial charge < -0.3 is 24.0 Å². The van der Waals surface area contributed by atoms with Gasteiger partial charge in [0.15, 0.2) is 5.76 Å². The van der Waals surface area contributed by atoms with Gasteiger partial charge in [-0.2, -0.15) is 0 Å². The van der Waals surface area contributed by atoms with Gasteiger partial charge in [-0.3, -0.25) is 0 Å². The van der Waals surface area contributed by atoms with Crippen molar-refractivity contribution in [2.75, 3.05) is 32.0 Å². The summed E-state index contributed by atoms with van der Waals surface area (Å²) in [4.78, 5) is 16.5. The molecule has 1 aromatic carbocycles. The molecule has 2 amide bonds. The lowest BCUT2D eigenvalue weighted by molar-refractivity contribution is 0.125. The molecule has 0 unspecified atom stereocenters. The van der Waals surface area contributed by atoms with Crippen LogP contribution < -0.4 is 5.32 Å². The Kier molecular flexibility index (Phi) is 4.64. The average molecular weight is 367 g/mol. The zero-order chi connectivity index (χ0) is 18.8. The fourth-order valence-electron chi connectivity index (χ4n) is 2.97. The van der Waals surface area contributed by atoms with Crippen molar-refractivity contribution in [2.24, 2.45) is 0 Å². The molecule has 1 aliphatic rings. The second-order valence-electron chi connectivity index (χ2n) is 6.67. The van der Waals surface area contributed by atoms with E-state index in [0.717, 1.165) is 30.9 Å². The van der Waals surface area contributed by atoms with Crippen LogP contribution in [0.1, 0.15) is 6.92 Å². The maximum absolute atomic E-state index is 12.5. The number of rotatable bonds is 3. The van der Waals surface area contributed by atoms with Crippen LogP contribution in [0, 0.1) is 0 Å². The summed E-state index contributed by atoms with van der Waals surface area (Å²) in [7, 11) is 2.08. The van der Waals surface area contributed by atoms with E-state index in [1.807, 2.05) is 29.2 Å². The lowest BCUT2D eigenvalue weighted by Crippen LogP contribution is -2.53. The standard InChI is InChI=1S/C19H21N5O3/c1-13-12-24(10-9-23(13)2)19(25)20-15-7-5-14(6-8-15)17-21-22-18(27-17)16-4-3-11-26-16/h3-8,11,13H,9-10,12H2,1-2H3,(H,20,25)/t13-/m1/s1. The van der Waals surface area contributed by atoms with Gasteiger partial charge in [-0.05, 0) is 50.4 Å². The van der Waals surface area contributed by atoms with E-state index in [9.17, 15) is 4.79 Å². The van der Waals surface area contributed by atoms with Crippen LogP contribution >= 0.6 is 0 Å². The molecule has 0 aliphatic carbocycles. The van der Waals surface area contributed by atoms with Crippen LogP contribution in [-0.4, -0.2) is 58.8 Å². The number of carbonyl (C=O) groups excluding carboxylic acids is 1. The third kappa shape index (κ3) is 3.70. The molecule has 0 spiro atoms. The quantitative estimate of drug-likeness (QED) is 0.765. The predicted molar refractivity (Wildman–Crippen MR) is 100 cm³/mol. The number of anilines is 1. The molecule has 3 heterocycles. The van der Waals surface area contributed by atoms with E-state index in [4.69, 9.17) is 8.83 Å². The molecule has 140 valence electrons. The predicted octanol–water partition coefficient (Wildman–Crippen LogP) is 3.16. The fourth-order valence-corrected chi connectivity index (χ4v) is 2.97. The van der Waals surface area contributed by atoms with Gasteiger partial charge in [0.1, 0.15) is 0 Å². The van der Waals surface area contributed by atoms with Gasteiger partial charge in [-0.25, -0.2) is 4.79 Å². The smallest absolute Gasteiger partial charge is 0.321 e. The van der Waals surface area contributed by atoms with Crippen molar-refractivity contribution in [3.63, 3.8) is 0 Å². The Morgan fingerprint density at radius 3 is 2.63 bits per heavy atom. The number of carbonyl (C=O) groups is 1. The first-order valence-electron chi connectivity index (χ1n) is 8.84. The van der Waals surface area contributed by atoms with Crippen molar-refractivity contribution in [3.8, 4) is 23.1 Å². The molecule has 27 heavy (non-hydrogen) atoms. The fraction of sp³-hybridized carbons (Fsp3) is 0.316. The van der Waals surface area contributed by atoms with Gasteiger partial charge in [-0.1, -0.05) is 0 Å². The Morgan fingerprint density at radius 1 is 1.15 bits per heavy atom. The number of amides is 2. The molecular weight excluding hydrogens is 346 g/mol. The molecule has 0 bridgehead atoms. The van der Waals surface area contributed by atoms with Crippen LogP contribution in [0.3, 0.4) is 0 Å². The number of hydrogen-bond acceptors (Lipinski definition) is 6. The van der Waals surface area contributed by atoms with Crippen molar-refractivity contribution in [3.05, 3.63) is 42.7 Å². The number of likely N-dealkylation sites (N-methyl/N-ethyl adjacent to an activating group) is 1. The monoisotopic (exact) mass is 367 g/mol. The number of furan rings is 1. The molecule has 4 rings (SSSR count). The number of nitrogens with one attached hydrogen (secondary N) is 1. The molecule has 0 saturated carbocycles. The molecule has 0 radical (unpaired) electrons. The van der Waals surface area contributed by atoms with Gasteiger partial charge >= 0.3 is 6.03 Å². The Hall–Kier alpha value is -3.13. The summed E-state index contributed by atoms with van der Waals surface area (Å²) in [5.41, 5.74) is 1.49. The lowest BCUT2D eigenvalue weighted by atomic mass is 10.2. The number of nitrogens with zero attached hydrogens (tertiary/aromatic N) is 4. The van der Waals surface area contributed by atoms with E-state index >= 15 is 0 Å². The largest absolute Gasteiger partial charge is 0.459 e. The molecule has 3 aromatic rings. The van der Waals surface area contributed by atoms with Gasteiger partial charge in [0.2, 0.25) is 5.89 Å². The Bertz CT molecular complexity index is 904. The summed E-state index contributed by atoms with van der Waals surface area (Å²) in [6.07, 6.45) is 1.55. The highest BCUT2D eigenvalue weighted by Gasteiger charge is 2.24. The molecule has 1 atom stereocenters. The molecule has 1 fully saturated rings. The molecule has 1 N–H and O–H groups in total. The second kappa shape index (κ2) is 7.24. The highest BCUT2D eigenvalue weighted by atomic mass is 16.4. The number of piperazine rings is 1. The first kappa shape index (κ1) is 17.3. The summed E-state index contributed by atoms with van der Waals surface area (Å²) in [5, 5.41) is 11.0. The maximum Gasteiger partial charge on any atom is 0.321 e. The van der Waals surface area contributed by atoms with E-state index in [2.05, 4.69) is 34.4 Å². The van der Waals surface area contributed by atoms with Gasteiger partial charge in [0, 0.05) is 36.9 Å². The Balaban J connectivity index is 1.41. The summed E-state index contributed by atoms with van der Waals surface area (Å²) >= 11 is 0. The third-order valence-electron chi connectivity index (χ3n) is 4.79. The minimum Gasteiger partial charge on any atom is -0.459 e. The summed E-state index contributed by atoms with van der Waals surface area (Å²) in [6, 6.07) is 11.1. The van der Waals surface area contributed by atoms with Gasteiger partial charge in [0.25, 0.3) is 5.89 Å². The van der Waals surface area contributed by atoms with Crippen LogP contribution in [0.2, 0.25) is 0 Å². The van der Waals surface area contributed by atoms with E-state index in [1.165, 1.54) is 0 Å². The highest BCUT2D eigenvalue weighted by Crippen LogP contribution is 2.25. The molecule has 1 aliphatic heterocycles. The first-order valence-corrected chi connectivity index (χ1v) is 8.84. The van der Waals surface area contributed by atoms with E-state index in [-0.39, 0.29) is 6.03 Å². The first-order chi connectivity index (χ1) is 13.1.